The molecule has 0 bridgehead atoms. The van der Waals surface area contributed by atoms with Gasteiger partial charge >= 0.3 is 0 Å². The average molecular weight is 373 g/mol. The van der Waals surface area contributed by atoms with Crippen LogP contribution in [-0.4, -0.2) is 80.2 Å². The summed E-state index contributed by atoms with van der Waals surface area (Å²) in [5.74, 6) is -0.144. The topological polar surface area (TPSA) is 96.3 Å². The highest BCUT2D eigenvalue weighted by molar-refractivity contribution is 7.91. The Morgan fingerprint density at radius 3 is 2.68 bits per heavy atom. The van der Waals surface area contributed by atoms with Gasteiger partial charge in [0.05, 0.1) is 24.2 Å². The van der Waals surface area contributed by atoms with E-state index < -0.39 is 15.9 Å². The number of hydrazone groups is 1. The first-order valence-corrected chi connectivity index (χ1v) is 10.4. The van der Waals surface area contributed by atoms with E-state index in [9.17, 15) is 18.0 Å². The molecule has 2 amide bonds. The number of sulfone groups is 1. The molecule has 0 aromatic heterocycles. The Bertz CT molecular complexity index is 644. The van der Waals surface area contributed by atoms with Gasteiger partial charge in [-0.05, 0) is 12.3 Å². The van der Waals surface area contributed by atoms with E-state index in [0.29, 0.717) is 37.7 Å². The first kappa shape index (κ1) is 19.8. The number of carbonyl (C=O) groups excluding carboxylic acids is 2. The van der Waals surface area contributed by atoms with Gasteiger partial charge in [0.15, 0.2) is 9.84 Å². The molecule has 142 valence electrons. The molecule has 1 atom stereocenters. The van der Waals surface area contributed by atoms with E-state index in [-0.39, 0.29) is 36.2 Å². The summed E-state index contributed by atoms with van der Waals surface area (Å²) in [4.78, 5) is 26.7. The molecule has 0 spiro atoms. The van der Waals surface area contributed by atoms with E-state index in [4.69, 9.17) is 4.74 Å². The van der Waals surface area contributed by atoms with Crippen molar-refractivity contribution in [1.29, 1.82) is 0 Å². The van der Waals surface area contributed by atoms with Gasteiger partial charge in [-0.3, -0.25) is 9.59 Å². The Morgan fingerprint density at radius 1 is 1.40 bits per heavy atom. The van der Waals surface area contributed by atoms with Gasteiger partial charge in [0.2, 0.25) is 5.91 Å². The fourth-order valence-electron chi connectivity index (χ4n) is 3.08. The number of amides is 2. The van der Waals surface area contributed by atoms with E-state index in [1.165, 1.54) is 5.01 Å². The molecule has 25 heavy (non-hydrogen) atoms. The third kappa shape index (κ3) is 5.24. The second-order valence-electron chi connectivity index (χ2n) is 6.98. The number of hydrogen-bond donors (Lipinski definition) is 0. The summed E-state index contributed by atoms with van der Waals surface area (Å²) >= 11 is 0. The van der Waals surface area contributed by atoms with Crippen LogP contribution in [0, 0.1) is 5.92 Å². The van der Waals surface area contributed by atoms with Gasteiger partial charge in [0.1, 0.15) is 5.71 Å². The van der Waals surface area contributed by atoms with Crippen LogP contribution in [0.4, 0.5) is 0 Å². The van der Waals surface area contributed by atoms with Crippen molar-refractivity contribution in [2.75, 3.05) is 38.3 Å². The Kier molecular flexibility index (Phi) is 6.56. The molecule has 2 aliphatic heterocycles. The summed E-state index contributed by atoms with van der Waals surface area (Å²) in [7, 11) is -1.54. The van der Waals surface area contributed by atoms with Crippen molar-refractivity contribution in [2.45, 2.75) is 39.2 Å². The SMILES string of the molecule is COCCN(CC(C)C)C(=O)C1=NN(C2CCS(=O)(=O)C2)C(=O)CC1. The van der Waals surface area contributed by atoms with Crippen molar-refractivity contribution in [3.63, 3.8) is 0 Å². The van der Waals surface area contributed by atoms with E-state index in [2.05, 4.69) is 5.10 Å². The van der Waals surface area contributed by atoms with Gasteiger partial charge in [-0.25, -0.2) is 13.4 Å². The van der Waals surface area contributed by atoms with Crippen molar-refractivity contribution in [2.24, 2.45) is 11.0 Å². The van der Waals surface area contributed by atoms with Crippen molar-refractivity contribution in [1.82, 2.24) is 9.91 Å². The van der Waals surface area contributed by atoms with E-state index in [1.54, 1.807) is 12.0 Å². The summed E-state index contributed by atoms with van der Waals surface area (Å²) in [5.41, 5.74) is 0.320. The average Bonchev–Trinajstić information content (AvgIpc) is 2.90. The maximum absolute atomic E-state index is 12.8. The molecular weight excluding hydrogens is 346 g/mol. The molecule has 2 heterocycles. The molecule has 0 radical (unpaired) electrons. The molecule has 0 saturated carbocycles. The second kappa shape index (κ2) is 8.27. The minimum atomic E-state index is -3.13. The third-order valence-electron chi connectivity index (χ3n) is 4.30. The quantitative estimate of drug-likeness (QED) is 0.639. The monoisotopic (exact) mass is 373 g/mol. The maximum Gasteiger partial charge on any atom is 0.270 e. The molecule has 8 nitrogen and oxygen atoms in total. The van der Waals surface area contributed by atoms with E-state index in [0.717, 1.165) is 0 Å². The normalized spacial score (nSPS) is 23.0. The van der Waals surface area contributed by atoms with Crippen LogP contribution in [0.5, 0.6) is 0 Å². The molecule has 0 N–H and O–H groups in total. The summed E-state index contributed by atoms with van der Waals surface area (Å²) in [6, 6.07) is -0.460. The Hall–Kier alpha value is -1.48. The zero-order valence-corrected chi connectivity index (χ0v) is 15.9. The highest BCUT2D eigenvalue weighted by Gasteiger charge is 2.37. The van der Waals surface area contributed by atoms with E-state index >= 15 is 0 Å². The zero-order valence-electron chi connectivity index (χ0n) is 15.1. The molecule has 1 unspecified atom stereocenters. The second-order valence-corrected chi connectivity index (χ2v) is 9.21. The van der Waals surface area contributed by atoms with E-state index in [1.807, 2.05) is 13.8 Å². The molecule has 0 aromatic carbocycles. The van der Waals surface area contributed by atoms with Gasteiger partial charge in [0, 0.05) is 33.0 Å². The first-order valence-electron chi connectivity index (χ1n) is 8.61. The maximum atomic E-state index is 12.8. The number of nitrogens with zero attached hydrogens (tertiary/aromatic N) is 3. The fourth-order valence-corrected chi connectivity index (χ4v) is 4.77. The molecular formula is C16H27N3O5S. The van der Waals surface area contributed by atoms with Gasteiger partial charge in [-0.1, -0.05) is 13.8 Å². The van der Waals surface area contributed by atoms with Crippen LogP contribution < -0.4 is 0 Å². The lowest BCUT2D eigenvalue weighted by molar-refractivity contribution is -0.134. The number of hydrogen-bond acceptors (Lipinski definition) is 6. The molecule has 2 rings (SSSR count). The summed E-state index contributed by atoms with van der Waals surface area (Å²) in [6.07, 6.45) is 0.842. The van der Waals surface area contributed by atoms with Gasteiger partial charge in [-0.2, -0.15) is 5.10 Å². The van der Waals surface area contributed by atoms with Crippen molar-refractivity contribution >= 4 is 27.4 Å². The van der Waals surface area contributed by atoms with Crippen LogP contribution in [0.2, 0.25) is 0 Å². The summed E-state index contributed by atoms with van der Waals surface area (Å²) < 4.78 is 28.4. The van der Waals surface area contributed by atoms with Crippen molar-refractivity contribution < 1.29 is 22.7 Å². The van der Waals surface area contributed by atoms with Gasteiger partial charge < -0.3 is 9.64 Å². The van der Waals surface area contributed by atoms with Crippen LogP contribution in [0.25, 0.3) is 0 Å². The first-order chi connectivity index (χ1) is 11.7. The molecule has 0 aliphatic carbocycles. The van der Waals surface area contributed by atoms with Crippen molar-refractivity contribution in [3.8, 4) is 0 Å². The lowest BCUT2D eigenvalue weighted by Gasteiger charge is -2.30. The predicted octanol–water partition coefficient (Wildman–Crippen LogP) is 0.283. The van der Waals surface area contributed by atoms with Crippen LogP contribution >= 0.6 is 0 Å². The minimum absolute atomic E-state index is 0.0631. The zero-order chi connectivity index (χ0) is 18.6. The number of ether oxygens (including phenoxy) is 1. The number of methoxy groups -OCH3 is 1. The van der Waals surface area contributed by atoms with Crippen LogP contribution in [-0.2, 0) is 24.2 Å². The lowest BCUT2D eigenvalue weighted by Crippen LogP contribution is -2.46. The Labute approximate surface area is 149 Å². The molecule has 1 saturated heterocycles. The highest BCUT2D eigenvalue weighted by Crippen LogP contribution is 2.22. The lowest BCUT2D eigenvalue weighted by atomic mass is 10.1. The van der Waals surface area contributed by atoms with Gasteiger partial charge in [-0.15, -0.1) is 0 Å². The Balaban J connectivity index is 2.16. The third-order valence-corrected chi connectivity index (χ3v) is 6.05. The van der Waals surface area contributed by atoms with Crippen LogP contribution in [0.1, 0.15) is 33.1 Å². The fraction of sp³-hybridized carbons (Fsp3) is 0.812. The number of rotatable bonds is 7. The Morgan fingerprint density at radius 2 is 2.12 bits per heavy atom. The smallest absolute Gasteiger partial charge is 0.270 e. The molecule has 1 fully saturated rings. The summed E-state index contributed by atoms with van der Waals surface area (Å²) in [5, 5.41) is 5.48. The van der Waals surface area contributed by atoms with Crippen molar-refractivity contribution in [3.05, 3.63) is 0 Å². The van der Waals surface area contributed by atoms with Crippen LogP contribution in [0.15, 0.2) is 5.10 Å². The van der Waals surface area contributed by atoms with Crippen LogP contribution in [0.3, 0.4) is 0 Å². The molecule has 0 aromatic rings. The summed E-state index contributed by atoms with van der Waals surface area (Å²) in [6.45, 7) is 5.50. The largest absolute Gasteiger partial charge is 0.383 e. The predicted molar refractivity (Wildman–Crippen MR) is 93.9 cm³/mol. The minimum Gasteiger partial charge on any atom is -0.383 e. The molecule has 2 aliphatic rings. The molecule has 9 heteroatoms. The number of carbonyl (C=O) groups is 2. The van der Waals surface area contributed by atoms with Gasteiger partial charge in [0.25, 0.3) is 5.91 Å². The highest BCUT2D eigenvalue weighted by atomic mass is 32.2. The standard InChI is InChI=1S/C16H27N3O5S/c1-12(2)10-18(7-8-24-3)16(21)14-4-5-15(20)19(17-14)13-6-9-25(22,23)11-13/h12-13H,4-11H2,1-3H3.